The summed E-state index contributed by atoms with van der Waals surface area (Å²) in [5.74, 6) is -0.431. The zero-order chi connectivity index (χ0) is 15.8. The highest BCUT2D eigenvalue weighted by Crippen LogP contribution is 2.51. The Hall–Kier alpha value is -1.64. The van der Waals surface area contributed by atoms with Crippen molar-refractivity contribution in [3.63, 3.8) is 0 Å². The Morgan fingerprint density at radius 2 is 1.30 bits per heavy atom. The van der Waals surface area contributed by atoms with Gasteiger partial charge in [-0.1, -0.05) is 6.07 Å². The van der Waals surface area contributed by atoms with E-state index in [2.05, 4.69) is 4.74 Å². The van der Waals surface area contributed by atoms with Gasteiger partial charge in [0.1, 0.15) is 0 Å². The topological polar surface area (TPSA) is 38.7 Å². The van der Waals surface area contributed by atoms with E-state index in [1.54, 1.807) is 0 Å². The van der Waals surface area contributed by atoms with Crippen molar-refractivity contribution in [3.8, 4) is 11.5 Å². The lowest BCUT2D eigenvalue weighted by atomic mass is 9.92. The van der Waals surface area contributed by atoms with E-state index in [1.165, 1.54) is 0 Å². The molecular formula is C11H10F6O3. The molecule has 0 aromatic heterocycles. The van der Waals surface area contributed by atoms with Gasteiger partial charge in [-0.15, -0.1) is 0 Å². The number of rotatable bonds is 3. The molecule has 0 spiro atoms. The van der Waals surface area contributed by atoms with Crippen molar-refractivity contribution in [1.82, 2.24) is 0 Å². The van der Waals surface area contributed by atoms with E-state index < -0.39 is 23.5 Å². The Bertz CT molecular complexity index is 466. The van der Waals surface area contributed by atoms with Gasteiger partial charge in [0.05, 0.1) is 14.2 Å². The summed E-state index contributed by atoms with van der Waals surface area (Å²) in [6, 6.07) is 1.75. The average molecular weight is 304 g/mol. The number of halogens is 6. The lowest BCUT2D eigenvalue weighted by molar-refractivity contribution is -0.376. The number of benzene rings is 1. The fourth-order valence-electron chi connectivity index (χ4n) is 1.55. The first-order valence-electron chi connectivity index (χ1n) is 5.07. The summed E-state index contributed by atoms with van der Waals surface area (Å²) in [5, 5.41) is 9.19. The van der Waals surface area contributed by atoms with Crippen LogP contribution in [0.25, 0.3) is 0 Å². The first-order chi connectivity index (χ1) is 8.99. The maximum atomic E-state index is 12.7. The summed E-state index contributed by atoms with van der Waals surface area (Å²) < 4.78 is 85.3. The molecule has 0 fully saturated rings. The van der Waals surface area contributed by atoms with Crippen molar-refractivity contribution in [2.45, 2.75) is 18.0 Å². The van der Waals surface area contributed by atoms with Crippen molar-refractivity contribution in [3.05, 3.63) is 23.8 Å². The Morgan fingerprint density at radius 1 is 0.850 bits per heavy atom. The predicted molar refractivity (Wildman–Crippen MR) is 55.6 cm³/mol. The fraction of sp³-hybridized carbons (Fsp3) is 0.455. The van der Waals surface area contributed by atoms with Gasteiger partial charge in [-0.2, -0.15) is 26.3 Å². The third kappa shape index (κ3) is 2.49. The molecule has 3 nitrogen and oxygen atoms in total. The molecule has 0 aliphatic heterocycles. The van der Waals surface area contributed by atoms with Crippen LogP contribution < -0.4 is 9.47 Å². The van der Waals surface area contributed by atoms with E-state index in [-0.39, 0.29) is 11.5 Å². The number of alkyl halides is 6. The summed E-state index contributed by atoms with van der Waals surface area (Å²) in [6.07, 6.45) is -11.9. The minimum Gasteiger partial charge on any atom is -0.493 e. The second kappa shape index (κ2) is 5.04. The van der Waals surface area contributed by atoms with Crippen LogP contribution in [0.2, 0.25) is 0 Å². The maximum Gasteiger partial charge on any atom is 0.430 e. The van der Waals surface area contributed by atoms with Crippen molar-refractivity contribution in [2.75, 3.05) is 14.2 Å². The molecule has 1 rings (SSSR count). The predicted octanol–water partition coefficient (Wildman–Crippen LogP) is 3.02. The molecule has 0 heterocycles. The summed E-state index contributed by atoms with van der Waals surface area (Å²) in [5.41, 5.74) is -6.39. The standard InChI is InChI=1S/C11H10F6O3/c1-19-7-4-3-6(5-8(7)20-2)9(18,10(12,13)14)11(15,16)17/h3-5,18H,1-2H3. The number of hydrogen-bond acceptors (Lipinski definition) is 3. The highest BCUT2D eigenvalue weighted by molar-refractivity contribution is 5.45. The quantitative estimate of drug-likeness (QED) is 0.873. The minimum atomic E-state index is -5.94. The van der Waals surface area contributed by atoms with Gasteiger partial charge in [-0.25, -0.2) is 0 Å². The van der Waals surface area contributed by atoms with Crippen LogP contribution in [0, 0.1) is 0 Å². The van der Waals surface area contributed by atoms with Crippen LogP contribution in [-0.4, -0.2) is 31.7 Å². The van der Waals surface area contributed by atoms with Gasteiger partial charge in [-0.3, -0.25) is 0 Å². The van der Waals surface area contributed by atoms with Crippen LogP contribution in [0.4, 0.5) is 26.3 Å². The van der Waals surface area contributed by atoms with Crippen molar-refractivity contribution >= 4 is 0 Å². The minimum absolute atomic E-state index is 0.0667. The Labute approximate surface area is 109 Å². The van der Waals surface area contributed by atoms with Gasteiger partial charge in [0.25, 0.3) is 5.60 Å². The van der Waals surface area contributed by atoms with Crippen LogP contribution in [0.1, 0.15) is 5.56 Å². The third-order valence-corrected chi connectivity index (χ3v) is 2.62. The number of methoxy groups -OCH3 is 2. The molecule has 9 heteroatoms. The van der Waals surface area contributed by atoms with Crippen LogP contribution in [0.15, 0.2) is 18.2 Å². The van der Waals surface area contributed by atoms with E-state index in [4.69, 9.17) is 4.74 Å². The summed E-state index contributed by atoms with van der Waals surface area (Å²) in [7, 11) is 2.21. The molecule has 0 atom stereocenters. The molecule has 0 saturated heterocycles. The molecule has 1 aromatic rings. The molecule has 1 aromatic carbocycles. The molecule has 0 aliphatic carbocycles. The third-order valence-electron chi connectivity index (χ3n) is 2.62. The molecule has 0 saturated carbocycles. The lowest BCUT2D eigenvalue weighted by Crippen LogP contribution is -2.53. The molecule has 0 amide bonds. The molecule has 1 N–H and O–H groups in total. The normalized spacial score (nSPS) is 13.2. The monoisotopic (exact) mass is 304 g/mol. The first kappa shape index (κ1) is 16.4. The second-order valence-corrected chi connectivity index (χ2v) is 3.78. The zero-order valence-electron chi connectivity index (χ0n) is 10.3. The van der Waals surface area contributed by atoms with Gasteiger partial charge in [0.2, 0.25) is 0 Å². The van der Waals surface area contributed by atoms with Gasteiger partial charge >= 0.3 is 12.4 Å². The van der Waals surface area contributed by atoms with Gasteiger partial charge in [-0.05, 0) is 12.1 Å². The Balaban J connectivity index is 3.52. The maximum absolute atomic E-state index is 12.7. The molecule has 114 valence electrons. The van der Waals surface area contributed by atoms with Gasteiger partial charge < -0.3 is 14.6 Å². The van der Waals surface area contributed by atoms with E-state index in [0.29, 0.717) is 12.1 Å². The van der Waals surface area contributed by atoms with Gasteiger partial charge in [0.15, 0.2) is 11.5 Å². The number of hydrogen-bond donors (Lipinski definition) is 1. The second-order valence-electron chi connectivity index (χ2n) is 3.78. The summed E-state index contributed by atoms with van der Waals surface area (Å²) in [6.45, 7) is 0. The van der Waals surface area contributed by atoms with Crippen LogP contribution >= 0.6 is 0 Å². The van der Waals surface area contributed by atoms with Crippen LogP contribution in [0.5, 0.6) is 11.5 Å². The molecule has 0 radical (unpaired) electrons. The van der Waals surface area contributed by atoms with Crippen LogP contribution in [0.3, 0.4) is 0 Å². The Morgan fingerprint density at radius 3 is 1.65 bits per heavy atom. The molecule has 0 aliphatic rings. The molecule has 20 heavy (non-hydrogen) atoms. The SMILES string of the molecule is COc1ccc(C(O)(C(F)(F)F)C(F)(F)F)cc1OC. The molecule has 0 unspecified atom stereocenters. The van der Waals surface area contributed by atoms with Crippen molar-refractivity contribution < 1.29 is 40.9 Å². The van der Waals surface area contributed by atoms with E-state index in [0.717, 1.165) is 20.3 Å². The van der Waals surface area contributed by atoms with Crippen LogP contribution in [-0.2, 0) is 5.60 Å². The molecular weight excluding hydrogens is 294 g/mol. The van der Waals surface area contributed by atoms with Crippen molar-refractivity contribution in [1.29, 1.82) is 0 Å². The van der Waals surface area contributed by atoms with Crippen molar-refractivity contribution in [2.24, 2.45) is 0 Å². The molecule has 0 bridgehead atoms. The average Bonchev–Trinajstić information content (AvgIpc) is 2.34. The van der Waals surface area contributed by atoms with E-state index in [9.17, 15) is 31.4 Å². The Kier molecular flexibility index (Phi) is 4.14. The van der Waals surface area contributed by atoms with E-state index in [1.807, 2.05) is 0 Å². The smallest absolute Gasteiger partial charge is 0.430 e. The summed E-state index contributed by atoms with van der Waals surface area (Å²) in [4.78, 5) is 0. The van der Waals surface area contributed by atoms with E-state index >= 15 is 0 Å². The summed E-state index contributed by atoms with van der Waals surface area (Å²) >= 11 is 0. The highest BCUT2D eigenvalue weighted by atomic mass is 19.4. The fourth-order valence-corrected chi connectivity index (χ4v) is 1.55. The number of ether oxygens (including phenoxy) is 2. The zero-order valence-corrected chi connectivity index (χ0v) is 10.3. The largest absolute Gasteiger partial charge is 0.493 e. The first-order valence-corrected chi connectivity index (χ1v) is 5.07. The lowest BCUT2D eigenvalue weighted by Gasteiger charge is -2.32. The van der Waals surface area contributed by atoms with Gasteiger partial charge in [0, 0.05) is 5.56 Å². The number of aliphatic hydroxyl groups is 1. The highest BCUT2D eigenvalue weighted by Gasteiger charge is 2.71.